The average Bonchev–Trinajstić information content (AvgIpc) is 2.28. The third kappa shape index (κ3) is 2.39. The number of rotatable bonds is 2. The summed E-state index contributed by atoms with van der Waals surface area (Å²) < 4.78 is 13.8. The molecule has 1 aromatic heterocycles. The zero-order valence-corrected chi connectivity index (χ0v) is 10.4. The molecule has 2 amide bonds. The molecule has 1 N–H and O–H groups in total. The van der Waals surface area contributed by atoms with Crippen molar-refractivity contribution < 1.29 is 15.4 Å². The van der Waals surface area contributed by atoms with Crippen LogP contribution in [0.4, 0.5) is 4.39 Å². The fourth-order valence-electron chi connectivity index (χ4n) is 2.09. The first-order valence-electron chi connectivity index (χ1n) is 5.98. The highest BCUT2D eigenvalue weighted by molar-refractivity contribution is 6.00. The van der Waals surface area contributed by atoms with E-state index in [1.54, 1.807) is 0 Å². The Morgan fingerprint density at radius 1 is 1.50 bits per heavy atom. The van der Waals surface area contributed by atoms with Gasteiger partial charge in [0.2, 0.25) is 11.8 Å². The number of aromatic nitrogens is 1. The van der Waals surface area contributed by atoms with Crippen LogP contribution >= 0.6 is 0 Å². The van der Waals surface area contributed by atoms with E-state index in [1.807, 2.05) is 13.8 Å². The van der Waals surface area contributed by atoms with Crippen LogP contribution in [0.15, 0.2) is 12.3 Å². The highest BCUT2D eigenvalue weighted by Gasteiger charge is 2.28. The van der Waals surface area contributed by atoms with Gasteiger partial charge in [-0.25, -0.2) is 4.39 Å². The summed E-state index contributed by atoms with van der Waals surface area (Å²) in [5.74, 6) is -1.52. The highest BCUT2D eigenvalue weighted by Crippen LogP contribution is 2.26. The number of hydrogen-bond acceptors (Lipinski definition) is 3. The van der Waals surface area contributed by atoms with Gasteiger partial charge in [0.15, 0.2) is 0 Å². The van der Waals surface area contributed by atoms with Crippen molar-refractivity contribution in [3.63, 3.8) is 0 Å². The van der Waals surface area contributed by atoms with Gasteiger partial charge in [-0.15, -0.1) is 0 Å². The van der Waals surface area contributed by atoms with Gasteiger partial charge in [0.05, 0.1) is 11.6 Å². The standard InChI is InChI=1S/C13H15FN2O2.H2/c1-7(2)12-10(14)5-8(6-15-12)9-3-4-11(17)16-13(9)18;/h5-7,9H,3-4H2,1-2H3,(H,16,17,18);1H. The third-order valence-corrected chi connectivity index (χ3v) is 3.08. The quantitative estimate of drug-likeness (QED) is 0.820. The molecule has 1 aliphatic rings. The normalized spacial score (nSPS) is 20.1. The van der Waals surface area contributed by atoms with E-state index < -0.39 is 11.7 Å². The minimum atomic E-state index is -0.481. The van der Waals surface area contributed by atoms with E-state index in [9.17, 15) is 14.0 Å². The predicted octanol–water partition coefficient (Wildman–Crippen LogP) is 2.11. The Balaban J connectivity index is 0.00000180. The van der Waals surface area contributed by atoms with Crippen LogP contribution in [0.2, 0.25) is 0 Å². The van der Waals surface area contributed by atoms with Crippen LogP contribution in [-0.2, 0) is 9.59 Å². The lowest BCUT2D eigenvalue weighted by atomic mass is 9.91. The molecular weight excluding hydrogens is 235 g/mol. The number of amides is 2. The van der Waals surface area contributed by atoms with Crippen molar-refractivity contribution in [3.05, 3.63) is 29.3 Å². The maximum atomic E-state index is 13.8. The second kappa shape index (κ2) is 4.84. The lowest BCUT2D eigenvalue weighted by Gasteiger charge is -2.21. The van der Waals surface area contributed by atoms with Crippen LogP contribution in [-0.4, -0.2) is 16.8 Å². The van der Waals surface area contributed by atoms with E-state index in [4.69, 9.17) is 0 Å². The van der Waals surface area contributed by atoms with Crippen molar-refractivity contribution in [1.29, 1.82) is 0 Å². The largest absolute Gasteiger partial charge is 0.296 e. The number of carbonyl (C=O) groups excluding carboxylic acids is 2. The molecule has 0 aliphatic carbocycles. The van der Waals surface area contributed by atoms with Gasteiger partial charge in [0.25, 0.3) is 0 Å². The number of nitrogens with one attached hydrogen (secondary N) is 1. The Kier molecular flexibility index (Phi) is 3.41. The molecule has 98 valence electrons. The van der Waals surface area contributed by atoms with E-state index in [2.05, 4.69) is 10.3 Å². The maximum absolute atomic E-state index is 13.8. The number of carbonyl (C=O) groups is 2. The number of piperidine rings is 1. The molecule has 0 radical (unpaired) electrons. The summed E-state index contributed by atoms with van der Waals surface area (Å²) in [5.41, 5.74) is 0.924. The van der Waals surface area contributed by atoms with E-state index in [0.29, 0.717) is 17.7 Å². The minimum absolute atomic E-state index is 0. The van der Waals surface area contributed by atoms with Crippen molar-refractivity contribution >= 4 is 11.8 Å². The van der Waals surface area contributed by atoms with Gasteiger partial charge in [-0.1, -0.05) is 13.8 Å². The van der Waals surface area contributed by atoms with Crippen molar-refractivity contribution in [1.82, 2.24) is 10.3 Å². The summed E-state index contributed by atoms with van der Waals surface area (Å²) in [6, 6.07) is 1.35. The molecule has 2 heterocycles. The molecule has 1 unspecified atom stereocenters. The highest BCUT2D eigenvalue weighted by atomic mass is 19.1. The fraction of sp³-hybridized carbons (Fsp3) is 0.462. The summed E-state index contributed by atoms with van der Waals surface area (Å²) >= 11 is 0. The predicted molar refractivity (Wildman–Crippen MR) is 65.5 cm³/mol. The summed E-state index contributed by atoms with van der Waals surface area (Å²) in [6.07, 6.45) is 2.22. The van der Waals surface area contributed by atoms with Gasteiger partial charge < -0.3 is 0 Å². The van der Waals surface area contributed by atoms with Crippen molar-refractivity contribution in [2.45, 2.75) is 38.5 Å². The first-order valence-corrected chi connectivity index (χ1v) is 5.98. The number of hydrogen-bond donors (Lipinski definition) is 1. The third-order valence-electron chi connectivity index (χ3n) is 3.08. The van der Waals surface area contributed by atoms with Gasteiger partial charge in [0, 0.05) is 14.0 Å². The average molecular weight is 252 g/mol. The van der Waals surface area contributed by atoms with Gasteiger partial charge in [0.1, 0.15) is 5.82 Å². The van der Waals surface area contributed by atoms with Crippen LogP contribution < -0.4 is 5.32 Å². The van der Waals surface area contributed by atoms with E-state index in [0.717, 1.165) is 0 Å². The molecule has 0 spiro atoms. The van der Waals surface area contributed by atoms with Crippen LogP contribution in [0.1, 0.15) is 51.2 Å². The first-order chi connectivity index (χ1) is 8.49. The molecule has 1 aliphatic heterocycles. The molecule has 5 heteroatoms. The van der Waals surface area contributed by atoms with Gasteiger partial charge in [-0.3, -0.25) is 19.9 Å². The Morgan fingerprint density at radius 3 is 2.78 bits per heavy atom. The molecule has 0 aromatic carbocycles. The number of imide groups is 1. The summed E-state index contributed by atoms with van der Waals surface area (Å²) in [7, 11) is 0. The van der Waals surface area contributed by atoms with E-state index in [-0.39, 0.29) is 25.6 Å². The second-order valence-corrected chi connectivity index (χ2v) is 4.79. The van der Waals surface area contributed by atoms with Crippen LogP contribution in [0.5, 0.6) is 0 Å². The molecule has 1 aromatic rings. The Bertz CT molecular complexity index is 505. The molecular formula is C13H17FN2O2. The van der Waals surface area contributed by atoms with Gasteiger partial charge in [-0.2, -0.15) is 0 Å². The summed E-state index contributed by atoms with van der Waals surface area (Å²) in [4.78, 5) is 26.8. The van der Waals surface area contributed by atoms with Gasteiger partial charge >= 0.3 is 0 Å². The molecule has 4 nitrogen and oxygen atoms in total. The zero-order chi connectivity index (χ0) is 13.3. The second-order valence-electron chi connectivity index (χ2n) is 4.79. The van der Waals surface area contributed by atoms with Crippen molar-refractivity contribution in [3.8, 4) is 0 Å². The summed E-state index contributed by atoms with van der Waals surface area (Å²) in [6.45, 7) is 3.72. The minimum Gasteiger partial charge on any atom is -0.296 e. The van der Waals surface area contributed by atoms with E-state index in [1.165, 1.54) is 12.3 Å². The number of pyridine rings is 1. The molecule has 1 fully saturated rings. The zero-order valence-electron chi connectivity index (χ0n) is 10.4. The molecule has 2 rings (SSSR count). The van der Waals surface area contributed by atoms with Crippen LogP contribution in [0.3, 0.4) is 0 Å². The monoisotopic (exact) mass is 252 g/mol. The SMILES string of the molecule is CC(C)c1ncc(C2CCC(=O)NC2=O)cc1F.[HH]. The van der Waals surface area contributed by atoms with Crippen molar-refractivity contribution in [2.75, 3.05) is 0 Å². The molecule has 0 bridgehead atoms. The molecule has 0 saturated carbocycles. The van der Waals surface area contributed by atoms with E-state index >= 15 is 0 Å². The molecule has 1 atom stereocenters. The Hall–Kier alpha value is -1.78. The lowest BCUT2D eigenvalue weighted by molar-refractivity contribution is -0.134. The Morgan fingerprint density at radius 2 is 2.22 bits per heavy atom. The number of nitrogens with zero attached hydrogens (tertiary/aromatic N) is 1. The Labute approximate surface area is 106 Å². The maximum Gasteiger partial charge on any atom is 0.234 e. The first kappa shape index (κ1) is 12.7. The lowest BCUT2D eigenvalue weighted by Crippen LogP contribution is -2.39. The van der Waals surface area contributed by atoms with Crippen LogP contribution in [0.25, 0.3) is 0 Å². The molecule has 18 heavy (non-hydrogen) atoms. The molecule has 1 saturated heterocycles. The van der Waals surface area contributed by atoms with Crippen molar-refractivity contribution in [2.24, 2.45) is 0 Å². The van der Waals surface area contributed by atoms with Gasteiger partial charge in [-0.05, 0) is 24.0 Å². The fourth-order valence-corrected chi connectivity index (χ4v) is 2.09. The topological polar surface area (TPSA) is 59.1 Å². The number of halogens is 1. The van der Waals surface area contributed by atoms with Crippen LogP contribution in [0, 0.1) is 5.82 Å². The summed E-state index contributed by atoms with van der Waals surface area (Å²) in [5, 5.41) is 2.26. The smallest absolute Gasteiger partial charge is 0.234 e.